The minimum absolute atomic E-state index is 0.125. The molecule has 5 heteroatoms. The Bertz CT molecular complexity index is 958. The quantitative estimate of drug-likeness (QED) is 0.533. The van der Waals surface area contributed by atoms with Crippen molar-refractivity contribution in [2.24, 2.45) is 5.92 Å². The zero-order chi connectivity index (χ0) is 20.2. The van der Waals surface area contributed by atoms with Crippen molar-refractivity contribution in [3.05, 3.63) is 71.7 Å². The van der Waals surface area contributed by atoms with Gasteiger partial charge in [-0.25, -0.2) is 4.79 Å². The lowest BCUT2D eigenvalue weighted by Gasteiger charge is -2.31. The summed E-state index contributed by atoms with van der Waals surface area (Å²) in [4.78, 5) is 15.3. The first-order valence-electron chi connectivity index (χ1n) is 10.2. The molecular weight excluding hydrogens is 364 g/mol. The van der Waals surface area contributed by atoms with Gasteiger partial charge in [-0.05, 0) is 68.1 Å². The molecule has 1 unspecified atom stereocenters. The van der Waals surface area contributed by atoms with E-state index in [1.54, 1.807) is 18.3 Å². The van der Waals surface area contributed by atoms with Crippen molar-refractivity contribution in [3.8, 4) is 11.3 Å². The number of nitrogens with one attached hydrogen (secondary N) is 1. The van der Waals surface area contributed by atoms with Gasteiger partial charge in [-0.1, -0.05) is 19.3 Å². The van der Waals surface area contributed by atoms with Gasteiger partial charge in [-0.3, -0.25) is 4.98 Å². The Morgan fingerprint density at radius 3 is 2.59 bits per heavy atom. The minimum atomic E-state index is -0.910. The van der Waals surface area contributed by atoms with E-state index in [9.17, 15) is 4.79 Å². The Balaban J connectivity index is 1.65. The van der Waals surface area contributed by atoms with E-state index in [1.165, 1.54) is 32.1 Å². The summed E-state index contributed by atoms with van der Waals surface area (Å²) in [5.41, 5.74) is 3.35. The topological polar surface area (TPSA) is 75.4 Å². The van der Waals surface area contributed by atoms with Crippen molar-refractivity contribution in [2.75, 3.05) is 5.32 Å². The van der Waals surface area contributed by atoms with Crippen LogP contribution in [0, 0.1) is 12.8 Å². The second-order valence-corrected chi connectivity index (χ2v) is 7.77. The van der Waals surface area contributed by atoms with Crippen LogP contribution in [0.4, 0.5) is 5.69 Å². The molecule has 150 valence electrons. The second kappa shape index (κ2) is 8.52. The van der Waals surface area contributed by atoms with Crippen molar-refractivity contribution in [1.82, 2.24) is 4.98 Å². The van der Waals surface area contributed by atoms with Crippen LogP contribution in [0.5, 0.6) is 0 Å². The van der Waals surface area contributed by atoms with Crippen LogP contribution in [-0.2, 0) is 0 Å². The molecule has 0 amide bonds. The van der Waals surface area contributed by atoms with Crippen LogP contribution in [0.15, 0.2) is 59.3 Å². The Labute approximate surface area is 170 Å². The third-order valence-electron chi connectivity index (χ3n) is 5.81. The molecule has 5 nitrogen and oxygen atoms in total. The molecule has 1 saturated carbocycles. The van der Waals surface area contributed by atoms with E-state index >= 15 is 0 Å². The van der Waals surface area contributed by atoms with Crippen molar-refractivity contribution in [2.45, 2.75) is 45.1 Å². The third-order valence-corrected chi connectivity index (χ3v) is 5.81. The average molecular weight is 390 g/mol. The third kappa shape index (κ3) is 4.34. The number of carbonyl (C=O) groups is 1. The molecule has 0 bridgehead atoms. The molecule has 1 fully saturated rings. The number of hydrogen-bond donors (Lipinski definition) is 2. The molecule has 1 atom stereocenters. The fourth-order valence-corrected chi connectivity index (χ4v) is 4.26. The first kappa shape index (κ1) is 19.2. The molecule has 1 aromatic carbocycles. The average Bonchev–Trinajstić information content (AvgIpc) is 3.15. The summed E-state index contributed by atoms with van der Waals surface area (Å²) in [6.07, 6.45) is 9.71. The van der Waals surface area contributed by atoms with Crippen LogP contribution in [0.25, 0.3) is 11.3 Å². The highest BCUT2D eigenvalue weighted by Crippen LogP contribution is 2.40. The Kier molecular flexibility index (Phi) is 5.65. The molecule has 0 spiro atoms. The zero-order valence-corrected chi connectivity index (χ0v) is 16.6. The number of hydrogen-bond acceptors (Lipinski definition) is 4. The maximum atomic E-state index is 11.1. The largest absolute Gasteiger partial charge is 0.478 e. The van der Waals surface area contributed by atoms with E-state index in [-0.39, 0.29) is 6.04 Å². The maximum absolute atomic E-state index is 11.1. The summed E-state index contributed by atoms with van der Waals surface area (Å²) in [5.74, 6) is 1.34. The number of anilines is 1. The summed E-state index contributed by atoms with van der Waals surface area (Å²) in [7, 11) is 0. The van der Waals surface area contributed by atoms with E-state index in [1.807, 2.05) is 37.4 Å². The normalized spacial score (nSPS) is 15.8. The molecule has 2 heterocycles. The predicted molar refractivity (Wildman–Crippen MR) is 113 cm³/mol. The van der Waals surface area contributed by atoms with Gasteiger partial charge >= 0.3 is 5.97 Å². The maximum Gasteiger partial charge on any atom is 0.335 e. The van der Waals surface area contributed by atoms with Crippen LogP contribution in [0.2, 0.25) is 0 Å². The Morgan fingerprint density at radius 1 is 1.17 bits per heavy atom. The summed E-state index contributed by atoms with van der Waals surface area (Å²) in [6, 6.07) is 13.1. The highest BCUT2D eigenvalue weighted by Gasteiger charge is 2.28. The number of aromatic carboxylic acids is 1. The summed E-state index contributed by atoms with van der Waals surface area (Å²) in [6.45, 7) is 2.01. The van der Waals surface area contributed by atoms with Crippen LogP contribution in [0.3, 0.4) is 0 Å². The fourth-order valence-electron chi connectivity index (χ4n) is 4.26. The number of carboxylic acid groups (broad SMARTS) is 1. The Morgan fingerprint density at radius 2 is 1.93 bits per heavy atom. The monoisotopic (exact) mass is 390 g/mol. The van der Waals surface area contributed by atoms with E-state index in [0.717, 1.165) is 28.3 Å². The molecule has 4 rings (SSSR count). The van der Waals surface area contributed by atoms with E-state index in [2.05, 4.69) is 16.4 Å². The molecule has 0 saturated heterocycles. The van der Waals surface area contributed by atoms with E-state index < -0.39 is 5.97 Å². The summed E-state index contributed by atoms with van der Waals surface area (Å²) >= 11 is 0. The van der Waals surface area contributed by atoms with Gasteiger partial charge in [0.1, 0.15) is 11.5 Å². The zero-order valence-electron chi connectivity index (χ0n) is 16.6. The van der Waals surface area contributed by atoms with Crippen molar-refractivity contribution in [3.63, 3.8) is 0 Å². The van der Waals surface area contributed by atoms with Crippen LogP contribution in [-0.4, -0.2) is 16.1 Å². The fraction of sp³-hybridized carbons (Fsp3) is 0.333. The van der Waals surface area contributed by atoms with Gasteiger partial charge in [-0.2, -0.15) is 0 Å². The number of carboxylic acids is 1. The van der Waals surface area contributed by atoms with Gasteiger partial charge in [0, 0.05) is 29.2 Å². The van der Waals surface area contributed by atoms with Crippen molar-refractivity contribution >= 4 is 11.7 Å². The minimum Gasteiger partial charge on any atom is -0.478 e. The predicted octanol–water partition coefficient (Wildman–Crippen LogP) is 6.08. The molecule has 0 radical (unpaired) electrons. The summed E-state index contributed by atoms with van der Waals surface area (Å²) < 4.78 is 6.10. The first-order chi connectivity index (χ1) is 14.1. The first-order valence-corrected chi connectivity index (χ1v) is 10.2. The number of aromatic nitrogens is 1. The van der Waals surface area contributed by atoms with Gasteiger partial charge in [-0.15, -0.1) is 0 Å². The highest BCUT2D eigenvalue weighted by atomic mass is 16.4. The van der Waals surface area contributed by atoms with Gasteiger partial charge in [0.15, 0.2) is 0 Å². The molecule has 2 N–H and O–H groups in total. The molecule has 1 aliphatic carbocycles. The molecule has 3 aromatic rings. The number of pyridine rings is 1. The van der Waals surface area contributed by atoms with Crippen LogP contribution in [0.1, 0.15) is 59.8 Å². The SMILES string of the molecule is Cc1oc(-c2cccnc2)cc1C(Nc1ccc(C(=O)O)cc1)C1CCCCC1. The molecular formula is C24H26N2O3. The van der Waals surface area contributed by atoms with Gasteiger partial charge in [0.05, 0.1) is 11.6 Å². The lowest BCUT2D eigenvalue weighted by molar-refractivity contribution is 0.0697. The van der Waals surface area contributed by atoms with Crippen molar-refractivity contribution in [1.29, 1.82) is 0 Å². The summed E-state index contributed by atoms with van der Waals surface area (Å²) in [5, 5.41) is 12.8. The standard InChI is InChI=1S/C24H26N2O3/c1-16-21(14-22(29-16)19-8-5-13-25-15-19)23(17-6-3-2-4-7-17)26-20-11-9-18(10-12-20)24(27)28/h5,8-15,17,23,26H,2-4,6-7H2,1H3,(H,27,28). The molecule has 29 heavy (non-hydrogen) atoms. The number of aryl methyl sites for hydroxylation is 1. The number of benzene rings is 1. The van der Waals surface area contributed by atoms with Gasteiger partial charge in [0.25, 0.3) is 0 Å². The smallest absolute Gasteiger partial charge is 0.335 e. The lowest BCUT2D eigenvalue weighted by atomic mass is 9.81. The highest BCUT2D eigenvalue weighted by molar-refractivity contribution is 5.88. The van der Waals surface area contributed by atoms with E-state index in [0.29, 0.717) is 11.5 Å². The Hall–Kier alpha value is -3.08. The molecule has 1 aliphatic rings. The van der Waals surface area contributed by atoms with Crippen LogP contribution >= 0.6 is 0 Å². The second-order valence-electron chi connectivity index (χ2n) is 7.77. The van der Waals surface area contributed by atoms with Gasteiger partial charge in [0.2, 0.25) is 0 Å². The molecule has 2 aromatic heterocycles. The van der Waals surface area contributed by atoms with Crippen LogP contribution < -0.4 is 5.32 Å². The number of furan rings is 1. The van der Waals surface area contributed by atoms with Gasteiger partial charge < -0.3 is 14.8 Å². The number of rotatable bonds is 6. The number of nitrogens with zero attached hydrogens (tertiary/aromatic N) is 1. The lowest BCUT2D eigenvalue weighted by Crippen LogP contribution is -2.23. The van der Waals surface area contributed by atoms with E-state index in [4.69, 9.17) is 9.52 Å². The molecule has 0 aliphatic heterocycles. The van der Waals surface area contributed by atoms with Crippen molar-refractivity contribution < 1.29 is 14.3 Å².